The van der Waals surface area contributed by atoms with Gasteiger partial charge in [0.25, 0.3) is 0 Å². The molecule has 0 radical (unpaired) electrons. The summed E-state index contributed by atoms with van der Waals surface area (Å²) < 4.78 is 10.9. The van der Waals surface area contributed by atoms with Crippen molar-refractivity contribution in [3.05, 3.63) is 28.6 Å². The Morgan fingerprint density at radius 2 is 1.96 bits per heavy atom. The molecule has 1 heterocycles. The fraction of sp³-hybridized carbons (Fsp3) is 0.444. The van der Waals surface area contributed by atoms with Crippen LogP contribution in [0.5, 0.6) is 5.75 Å². The first-order valence-electron chi connectivity index (χ1n) is 7.81. The predicted molar refractivity (Wildman–Crippen MR) is 93.8 cm³/mol. The van der Waals surface area contributed by atoms with Crippen molar-refractivity contribution in [2.45, 2.75) is 32.8 Å². The van der Waals surface area contributed by atoms with Crippen LogP contribution in [0, 0.1) is 5.92 Å². The molecule has 2 atom stereocenters. The maximum Gasteiger partial charge on any atom is 0.308 e. The van der Waals surface area contributed by atoms with E-state index in [4.69, 9.17) is 4.74 Å². The molecule has 2 rings (SSSR count). The number of Topliss-reactive ketones (excluding diaryl/α,β-unsaturated/α-hetero) is 1. The summed E-state index contributed by atoms with van der Waals surface area (Å²) in [5.74, 6) is -0.342. The van der Waals surface area contributed by atoms with Gasteiger partial charge in [0.15, 0.2) is 5.78 Å². The molecule has 0 aliphatic heterocycles. The second-order valence-electron chi connectivity index (χ2n) is 5.72. The lowest BCUT2D eigenvalue weighted by atomic mass is 10.0. The Hall–Kier alpha value is -1.92. The van der Waals surface area contributed by atoms with Crippen LogP contribution in [-0.2, 0) is 9.53 Å². The van der Waals surface area contributed by atoms with Gasteiger partial charge in [-0.3, -0.25) is 9.59 Å². The van der Waals surface area contributed by atoms with E-state index in [-0.39, 0.29) is 18.2 Å². The normalized spacial score (nSPS) is 13.5. The summed E-state index contributed by atoms with van der Waals surface area (Å²) in [6.07, 6.45) is 0.0814. The van der Waals surface area contributed by atoms with Gasteiger partial charge in [-0.25, -0.2) is 0 Å². The third-order valence-corrected chi connectivity index (χ3v) is 5.12. The number of methoxy groups -OCH3 is 2. The average Bonchev–Trinajstić information content (AvgIpc) is 3.01. The molecule has 0 aliphatic carbocycles. The molecule has 1 aromatic heterocycles. The lowest BCUT2D eigenvalue weighted by Crippen LogP contribution is -2.16. The molecule has 2 aromatic rings. The summed E-state index contributed by atoms with van der Waals surface area (Å²) in [7, 11) is 2.88. The molecular formula is C18H22O5S. The summed E-state index contributed by atoms with van der Waals surface area (Å²) in [4.78, 5) is 24.5. The van der Waals surface area contributed by atoms with E-state index in [1.54, 1.807) is 20.1 Å². The molecule has 1 aromatic carbocycles. The number of thiophene rings is 1. The monoisotopic (exact) mass is 350 g/mol. The number of carbonyl (C=O) groups is 2. The summed E-state index contributed by atoms with van der Waals surface area (Å²) in [6, 6.07) is 5.51. The molecule has 6 heteroatoms. The van der Waals surface area contributed by atoms with Gasteiger partial charge in [-0.15, -0.1) is 11.3 Å². The van der Waals surface area contributed by atoms with Gasteiger partial charge in [0.05, 0.1) is 31.1 Å². The quantitative estimate of drug-likeness (QED) is 0.608. The number of ether oxygens (including phenoxy) is 2. The molecule has 130 valence electrons. The number of benzene rings is 1. The number of fused-ring (bicyclic) bond motifs is 1. The van der Waals surface area contributed by atoms with Gasteiger partial charge in [0.2, 0.25) is 0 Å². The van der Waals surface area contributed by atoms with Crippen LogP contribution in [0.15, 0.2) is 18.2 Å². The first-order chi connectivity index (χ1) is 11.4. The minimum absolute atomic E-state index is 0.0920. The predicted octanol–water partition coefficient (Wildman–Crippen LogP) is 3.74. The Labute approximate surface area is 145 Å². The third-order valence-electron chi connectivity index (χ3n) is 3.98. The number of hydrogen-bond donors (Lipinski definition) is 1. The van der Waals surface area contributed by atoms with Gasteiger partial charge in [-0.2, -0.15) is 0 Å². The molecule has 0 spiro atoms. The highest BCUT2D eigenvalue weighted by molar-refractivity contribution is 7.20. The number of aliphatic hydroxyl groups excluding tert-OH is 1. The van der Waals surface area contributed by atoms with Crippen LogP contribution in [0.2, 0.25) is 0 Å². The Bertz CT molecular complexity index is 749. The number of aliphatic hydroxyl groups is 1. The third kappa shape index (κ3) is 3.76. The maximum absolute atomic E-state index is 12.4. The molecule has 0 saturated heterocycles. The van der Waals surface area contributed by atoms with Gasteiger partial charge >= 0.3 is 5.97 Å². The van der Waals surface area contributed by atoms with Crippen molar-refractivity contribution in [3.63, 3.8) is 0 Å². The van der Waals surface area contributed by atoms with Crippen LogP contribution in [0.4, 0.5) is 0 Å². The number of hydrogen-bond acceptors (Lipinski definition) is 6. The Morgan fingerprint density at radius 3 is 2.54 bits per heavy atom. The number of rotatable bonds is 7. The van der Waals surface area contributed by atoms with Crippen LogP contribution >= 0.6 is 11.3 Å². The van der Waals surface area contributed by atoms with Crippen molar-refractivity contribution in [3.8, 4) is 5.75 Å². The van der Waals surface area contributed by atoms with Crippen molar-refractivity contribution in [1.82, 2.24) is 0 Å². The maximum atomic E-state index is 12.4. The van der Waals surface area contributed by atoms with Gasteiger partial charge in [-0.05, 0) is 30.0 Å². The zero-order chi connectivity index (χ0) is 17.9. The van der Waals surface area contributed by atoms with E-state index in [0.717, 1.165) is 10.1 Å². The highest BCUT2D eigenvalue weighted by Crippen LogP contribution is 2.36. The van der Waals surface area contributed by atoms with E-state index in [1.807, 2.05) is 19.1 Å². The van der Waals surface area contributed by atoms with Crippen molar-refractivity contribution in [1.29, 1.82) is 0 Å². The lowest BCUT2D eigenvalue weighted by Gasteiger charge is -2.13. The second-order valence-corrected chi connectivity index (χ2v) is 6.80. The van der Waals surface area contributed by atoms with E-state index < -0.39 is 12.0 Å². The van der Waals surface area contributed by atoms with Crippen LogP contribution in [-0.4, -0.2) is 31.1 Å². The number of esters is 1. The van der Waals surface area contributed by atoms with E-state index in [0.29, 0.717) is 22.6 Å². The molecule has 1 N–H and O–H groups in total. The Balaban J connectivity index is 2.34. The van der Waals surface area contributed by atoms with Gasteiger partial charge < -0.3 is 14.6 Å². The largest absolute Gasteiger partial charge is 0.496 e. The van der Waals surface area contributed by atoms with E-state index in [2.05, 4.69) is 4.74 Å². The fourth-order valence-corrected chi connectivity index (χ4v) is 3.57. The van der Waals surface area contributed by atoms with Gasteiger partial charge in [-0.1, -0.05) is 13.8 Å². The summed E-state index contributed by atoms with van der Waals surface area (Å²) in [5, 5.41) is 11.0. The fourth-order valence-electron chi connectivity index (χ4n) is 2.54. The van der Waals surface area contributed by atoms with Crippen LogP contribution in [0.1, 0.15) is 48.0 Å². The smallest absolute Gasteiger partial charge is 0.308 e. The van der Waals surface area contributed by atoms with Gasteiger partial charge in [0, 0.05) is 16.7 Å². The molecule has 0 fully saturated rings. The highest BCUT2D eigenvalue weighted by atomic mass is 32.1. The SMILES string of the molecule is CCC(O)c1cc2cc(C(=O)C[C@H](C)C(=O)OC)sc2cc1OC. The van der Waals surface area contributed by atoms with Gasteiger partial charge in [0.1, 0.15) is 5.75 Å². The Kier molecular flexibility index (Phi) is 5.96. The minimum Gasteiger partial charge on any atom is -0.496 e. The zero-order valence-electron chi connectivity index (χ0n) is 14.3. The van der Waals surface area contributed by atoms with Crippen LogP contribution in [0.25, 0.3) is 10.1 Å². The molecule has 5 nitrogen and oxygen atoms in total. The molecular weight excluding hydrogens is 328 g/mol. The Morgan fingerprint density at radius 1 is 1.25 bits per heavy atom. The zero-order valence-corrected chi connectivity index (χ0v) is 15.1. The minimum atomic E-state index is -0.609. The topological polar surface area (TPSA) is 72.8 Å². The van der Waals surface area contributed by atoms with Crippen molar-refractivity contribution >= 4 is 33.2 Å². The van der Waals surface area contributed by atoms with Crippen molar-refractivity contribution in [2.75, 3.05) is 14.2 Å². The highest BCUT2D eigenvalue weighted by Gasteiger charge is 2.21. The van der Waals surface area contributed by atoms with Crippen LogP contribution in [0.3, 0.4) is 0 Å². The molecule has 1 unspecified atom stereocenters. The summed E-state index contributed by atoms with van der Waals surface area (Å²) >= 11 is 1.36. The average molecular weight is 350 g/mol. The molecule has 24 heavy (non-hydrogen) atoms. The van der Waals surface area contributed by atoms with Crippen molar-refractivity contribution in [2.24, 2.45) is 5.92 Å². The molecule has 0 amide bonds. The lowest BCUT2D eigenvalue weighted by molar-refractivity contribution is -0.144. The standard InChI is InChI=1S/C18H22O5S/c1-5-13(19)12-7-11-8-17(24-16(11)9-15(12)22-3)14(20)6-10(2)18(21)23-4/h7-10,13,19H,5-6H2,1-4H3/t10-,13?/m0/s1. The summed E-state index contributed by atoms with van der Waals surface area (Å²) in [6.45, 7) is 3.57. The molecule has 0 bridgehead atoms. The van der Waals surface area contributed by atoms with Crippen molar-refractivity contribution < 1.29 is 24.2 Å². The first kappa shape index (κ1) is 18.4. The second kappa shape index (κ2) is 7.77. The summed E-state index contributed by atoms with van der Waals surface area (Å²) in [5.41, 5.74) is 0.715. The first-order valence-corrected chi connectivity index (χ1v) is 8.63. The number of carbonyl (C=O) groups excluding carboxylic acids is 2. The van der Waals surface area contributed by atoms with E-state index >= 15 is 0 Å². The molecule has 0 aliphatic rings. The number of ketones is 1. The van der Waals surface area contributed by atoms with E-state index in [9.17, 15) is 14.7 Å². The van der Waals surface area contributed by atoms with Crippen LogP contribution < -0.4 is 4.74 Å². The molecule has 0 saturated carbocycles. The van der Waals surface area contributed by atoms with E-state index in [1.165, 1.54) is 18.4 Å².